The molecule has 104 valence electrons. The van der Waals surface area contributed by atoms with Crippen LogP contribution in [0.5, 0.6) is 0 Å². The predicted octanol–water partition coefficient (Wildman–Crippen LogP) is 4.24. The summed E-state index contributed by atoms with van der Waals surface area (Å²) >= 11 is 0. The Hall–Kier alpha value is -1.60. The van der Waals surface area contributed by atoms with Gasteiger partial charge >= 0.3 is 0 Å². The van der Waals surface area contributed by atoms with Crippen LogP contribution in [0.2, 0.25) is 0 Å². The Morgan fingerprint density at radius 3 is 2.65 bits per heavy atom. The van der Waals surface area contributed by atoms with Crippen LogP contribution in [0.3, 0.4) is 0 Å². The lowest BCUT2D eigenvalue weighted by atomic mass is 9.87. The largest absolute Gasteiger partial charge is 0.309 e. The predicted molar refractivity (Wildman–Crippen MR) is 85.1 cm³/mol. The molecule has 0 amide bonds. The number of benzene rings is 2. The van der Waals surface area contributed by atoms with Gasteiger partial charge in [0.25, 0.3) is 0 Å². The monoisotopic (exact) mass is 265 g/mol. The van der Waals surface area contributed by atoms with Gasteiger partial charge in [0.05, 0.1) is 0 Å². The first kappa shape index (κ1) is 13.4. The van der Waals surface area contributed by atoms with Crippen molar-refractivity contribution in [2.75, 3.05) is 6.54 Å². The smallest absolute Gasteiger partial charge is 0.0363 e. The highest BCUT2D eigenvalue weighted by molar-refractivity contribution is 5.38. The minimum atomic E-state index is 0.458. The molecule has 0 radical (unpaired) electrons. The summed E-state index contributed by atoms with van der Waals surface area (Å²) in [6, 6.07) is 18.3. The van der Waals surface area contributed by atoms with E-state index in [1.165, 1.54) is 22.3 Å². The molecule has 0 spiro atoms. The van der Waals surface area contributed by atoms with Crippen LogP contribution in [-0.2, 0) is 12.8 Å². The number of rotatable bonds is 3. The molecular weight excluding hydrogens is 242 g/mol. The minimum Gasteiger partial charge on any atom is -0.309 e. The maximum absolute atomic E-state index is 3.69. The van der Waals surface area contributed by atoms with Gasteiger partial charge in [-0.1, -0.05) is 62.4 Å². The van der Waals surface area contributed by atoms with Crippen molar-refractivity contribution in [2.24, 2.45) is 0 Å². The van der Waals surface area contributed by atoms with E-state index in [2.05, 4.69) is 67.7 Å². The van der Waals surface area contributed by atoms with Gasteiger partial charge in [-0.3, -0.25) is 0 Å². The number of nitrogens with one attached hydrogen (secondary N) is 1. The molecule has 2 aromatic carbocycles. The van der Waals surface area contributed by atoms with Gasteiger partial charge in [-0.15, -0.1) is 0 Å². The molecule has 1 nitrogen and oxygen atoms in total. The molecule has 3 rings (SSSR count). The fraction of sp³-hybridized carbons (Fsp3) is 0.368. The van der Waals surface area contributed by atoms with E-state index in [1.807, 2.05) is 0 Å². The molecule has 1 aliphatic rings. The van der Waals surface area contributed by atoms with Crippen molar-refractivity contribution < 1.29 is 0 Å². The van der Waals surface area contributed by atoms with Crippen LogP contribution in [0.1, 0.15) is 48.1 Å². The highest BCUT2D eigenvalue weighted by atomic mass is 14.9. The van der Waals surface area contributed by atoms with Crippen molar-refractivity contribution >= 4 is 0 Å². The third-order valence-electron chi connectivity index (χ3n) is 4.28. The Morgan fingerprint density at radius 2 is 1.90 bits per heavy atom. The Bertz CT molecular complexity index is 572. The number of hydrogen-bond donors (Lipinski definition) is 1. The second-order valence-corrected chi connectivity index (χ2v) is 6.06. The zero-order chi connectivity index (χ0) is 13.9. The lowest BCUT2D eigenvalue weighted by Crippen LogP contribution is -2.31. The highest BCUT2D eigenvalue weighted by Gasteiger charge is 2.20. The summed E-state index contributed by atoms with van der Waals surface area (Å²) in [5.41, 5.74) is 5.89. The lowest BCUT2D eigenvalue weighted by molar-refractivity contribution is 0.501. The van der Waals surface area contributed by atoms with E-state index >= 15 is 0 Å². The molecule has 1 atom stereocenters. The molecule has 0 saturated carbocycles. The molecule has 0 fully saturated rings. The summed E-state index contributed by atoms with van der Waals surface area (Å²) in [5.74, 6) is 0.597. The number of fused-ring (bicyclic) bond motifs is 1. The van der Waals surface area contributed by atoms with Crippen LogP contribution in [0.4, 0.5) is 0 Å². The van der Waals surface area contributed by atoms with E-state index in [0.717, 1.165) is 19.4 Å². The molecule has 1 N–H and O–H groups in total. The summed E-state index contributed by atoms with van der Waals surface area (Å²) < 4.78 is 0. The molecule has 0 saturated heterocycles. The maximum atomic E-state index is 3.69. The van der Waals surface area contributed by atoms with Gasteiger partial charge in [0, 0.05) is 6.04 Å². The van der Waals surface area contributed by atoms with Gasteiger partial charge in [0.15, 0.2) is 0 Å². The lowest BCUT2D eigenvalue weighted by Gasteiger charge is -2.28. The normalized spacial score (nSPS) is 18.1. The molecule has 1 heterocycles. The first-order valence-corrected chi connectivity index (χ1v) is 7.64. The second-order valence-electron chi connectivity index (χ2n) is 6.06. The summed E-state index contributed by atoms with van der Waals surface area (Å²) in [7, 11) is 0. The van der Waals surface area contributed by atoms with Crippen molar-refractivity contribution in [3.05, 3.63) is 70.8 Å². The van der Waals surface area contributed by atoms with Crippen molar-refractivity contribution in [1.29, 1.82) is 0 Å². The number of hydrogen-bond acceptors (Lipinski definition) is 1. The van der Waals surface area contributed by atoms with Gasteiger partial charge in [0.2, 0.25) is 0 Å². The summed E-state index contributed by atoms with van der Waals surface area (Å²) in [5, 5.41) is 3.69. The van der Waals surface area contributed by atoms with Crippen LogP contribution >= 0.6 is 0 Å². The van der Waals surface area contributed by atoms with Gasteiger partial charge < -0.3 is 5.32 Å². The summed E-state index contributed by atoms with van der Waals surface area (Å²) in [6.45, 7) is 5.62. The van der Waals surface area contributed by atoms with Crippen molar-refractivity contribution in [2.45, 2.75) is 38.6 Å². The molecule has 2 aromatic rings. The van der Waals surface area contributed by atoms with Crippen LogP contribution in [0.15, 0.2) is 48.5 Å². The zero-order valence-corrected chi connectivity index (χ0v) is 12.4. The van der Waals surface area contributed by atoms with Crippen LogP contribution in [0, 0.1) is 0 Å². The Labute approximate surface area is 122 Å². The van der Waals surface area contributed by atoms with Crippen LogP contribution in [0.25, 0.3) is 0 Å². The quantitative estimate of drug-likeness (QED) is 0.875. The Morgan fingerprint density at radius 1 is 1.10 bits per heavy atom. The molecule has 0 aromatic heterocycles. The van der Waals surface area contributed by atoms with Gasteiger partial charge in [-0.25, -0.2) is 0 Å². The van der Waals surface area contributed by atoms with E-state index in [1.54, 1.807) is 0 Å². The van der Waals surface area contributed by atoms with E-state index in [9.17, 15) is 0 Å². The maximum Gasteiger partial charge on any atom is 0.0363 e. The van der Waals surface area contributed by atoms with Gasteiger partial charge in [0.1, 0.15) is 0 Å². The summed E-state index contributed by atoms with van der Waals surface area (Å²) in [4.78, 5) is 0. The van der Waals surface area contributed by atoms with Crippen LogP contribution < -0.4 is 5.32 Å². The Balaban J connectivity index is 1.90. The average Bonchev–Trinajstić information content (AvgIpc) is 2.48. The van der Waals surface area contributed by atoms with Crippen molar-refractivity contribution in [3.8, 4) is 0 Å². The molecular formula is C19H23N. The zero-order valence-electron chi connectivity index (χ0n) is 12.4. The molecule has 0 aliphatic carbocycles. The topological polar surface area (TPSA) is 12.0 Å². The highest BCUT2D eigenvalue weighted by Crippen LogP contribution is 2.29. The first-order valence-electron chi connectivity index (χ1n) is 7.64. The molecule has 1 unspecified atom stereocenters. The van der Waals surface area contributed by atoms with E-state index in [-0.39, 0.29) is 0 Å². The third kappa shape index (κ3) is 2.78. The fourth-order valence-corrected chi connectivity index (χ4v) is 3.05. The molecule has 0 bridgehead atoms. The standard InChI is InChI=1S/C19H23N/c1-14(2)17-9-8-16-10-11-20-19(18(16)13-17)12-15-6-4-3-5-7-15/h3-9,13-14,19-20H,10-12H2,1-2H3. The first-order chi connectivity index (χ1) is 9.74. The van der Waals surface area contributed by atoms with E-state index < -0.39 is 0 Å². The van der Waals surface area contributed by atoms with Crippen LogP contribution in [-0.4, -0.2) is 6.54 Å². The second kappa shape index (κ2) is 5.80. The summed E-state index contributed by atoms with van der Waals surface area (Å²) in [6.07, 6.45) is 2.23. The van der Waals surface area contributed by atoms with Gasteiger partial charge in [-0.2, -0.15) is 0 Å². The van der Waals surface area contributed by atoms with E-state index in [4.69, 9.17) is 0 Å². The molecule has 20 heavy (non-hydrogen) atoms. The molecule has 1 aliphatic heterocycles. The fourth-order valence-electron chi connectivity index (χ4n) is 3.05. The van der Waals surface area contributed by atoms with E-state index in [0.29, 0.717) is 12.0 Å². The van der Waals surface area contributed by atoms with Crippen molar-refractivity contribution in [1.82, 2.24) is 5.32 Å². The van der Waals surface area contributed by atoms with Crippen molar-refractivity contribution in [3.63, 3.8) is 0 Å². The SMILES string of the molecule is CC(C)c1ccc2c(c1)C(Cc1ccccc1)NCC2. The molecule has 1 heteroatoms. The van der Waals surface area contributed by atoms with Gasteiger partial charge in [-0.05, 0) is 47.6 Å². The Kier molecular flexibility index (Phi) is 3.88. The average molecular weight is 265 g/mol. The third-order valence-corrected chi connectivity index (χ3v) is 4.28. The minimum absolute atomic E-state index is 0.458.